The van der Waals surface area contributed by atoms with Crippen molar-refractivity contribution < 1.29 is 4.79 Å². The maximum Gasteiger partial charge on any atom is 0.322 e. The number of hydrogen-bond donors (Lipinski definition) is 1. The molecule has 6 rings (SSSR count). The molecule has 6 nitrogen and oxygen atoms in total. The van der Waals surface area contributed by atoms with Gasteiger partial charge in [-0.2, -0.15) is 5.10 Å². The summed E-state index contributed by atoms with van der Waals surface area (Å²) in [5, 5.41) is 8.15. The number of aromatic nitrogens is 3. The lowest BCUT2D eigenvalue weighted by molar-refractivity contribution is 0.194. The fraction of sp³-hybridized carbons (Fsp3) is 0.188. The van der Waals surface area contributed by atoms with Gasteiger partial charge in [0, 0.05) is 17.4 Å². The number of urea groups is 1. The van der Waals surface area contributed by atoms with Crippen LogP contribution in [0.15, 0.2) is 91.1 Å². The third kappa shape index (κ3) is 4.08. The first-order valence-electron chi connectivity index (χ1n) is 12.9. The molecule has 0 fully saturated rings. The van der Waals surface area contributed by atoms with E-state index in [0.717, 1.165) is 50.8 Å². The van der Waals surface area contributed by atoms with Crippen molar-refractivity contribution in [1.82, 2.24) is 19.2 Å². The van der Waals surface area contributed by atoms with E-state index < -0.39 is 0 Å². The lowest BCUT2D eigenvalue weighted by atomic mass is 10.00. The van der Waals surface area contributed by atoms with E-state index in [0.29, 0.717) is 6.54 Å². The van der Waals surface area contributed by atoms with E-state index in [1.807, 2.05) is 59.8 Å². The van der Waals surface area contributed by atoms with Gasteiger partial charge in [-0.1, -0.05) is 65.7 Å². The first kappa shape index (κ1) is 23.8. The molecular weight excluding hydrogens is 470 g/mol. The average Bonchev–Trinajstić information content (AvgIpc) is 3.46. The molecule has 0 bridgehead atoms. The molecule has 0 spiro atoms. The van der Waals surface area contributed by atoms with Crippen LogP contribution in [0.25, 0.3) is 11.5 Å². The molecule has 2 aromatic heterocycles. The monoisotopic (exact) mass is 501 g/mol. The zero-order chi connectivity index (χ0) is 26.4. The summed E-state index contributed by atoms with van der Waals surface area (Å²) in [7, 11) is 0. The summed E-state index contributed by atoms with van der Waals surface area (Å²) in [6.07, 6.45) is 2.07. The van der Waals surface area contributed by atoms with Gasteiger partial charge in [0.15, 0.2) is 0 Å². The molecule has 1 aliphatic rings. The Labute approximate surface area is 223 Å². The molecule has 1 atom stereocenters. The predicted octanol–water partition coefficient (Wildman–Crippen LogP) is 7.03. The van der Waals surface area contributed by atoms with Gasteiger partial charge in [0.1, 0.15) is 5.82 Å². The number of rotatable bonds is 3. The smallest absolute Gasteiger partial charge is 0.308 e. The molecule has 2 amide bonds. The predicted molar refractivity (Wildman–Crippen MR) is 151 cm³/mol. The van der Waals surface area contributed by atoms with Crippen LogP contribution >= 0.6 is 0 Å². The Hall–Kier alpha value is -4.58. The normalized spacial score (nSPS) is 14.5. The SMILES string of the molecule is Cc1cccc(C2c3cccn3-c3c(c(C)nn3-c3ccccc3)CN2C(=O)Nc2ccc(C)cc2C)c1. The Bertz CT molecular complexity index is 1650. The van der Waals surface area contributed by atoms with E-state index in [1.165, 1.54) is 5.56 Å². The van der Waals surface area contributed by atoms with Crippen molar-refractivity contribution in [3.8, 4) is 11.5 Å². The summed E-state index contributed by atoms with van der Waals surface area (Å²) in [5.74, 6) is 0.966. The molecule has 0 aliphatic carbocycles. The first-order chi connectivity index (χ1) is 18.4. The molecule has 1 N–H and O–H groups in total. The fourth-order valence-electron chi connectivity index (χ4n) is 5.48. The van der Waals surface area contributed by atoms with Gasteiger partial charge in [-0.15, -0.1) is 0 Å². The van der Waals surface area contributed by atoms with Gasteiger partial charge in [0.05, 0.1) is 29.7 Å². The zero-order valence-corrected chi connectivity index (χ0v) is 22.1. The Morgan fingerprint density at radius 2 is 1.66 bits per heavy atom. The number of carbonyl (C=O) groups excluding carboxylic acids is 1. The van der Waals surface area contributed by atoms with Crippen molar-refractivity contribution >= 4 is 11.7 Å². The van der Waals surface area contributed by atoms with Crippen LogP contribution < -0.4 is 5.32 Å². The minimum Gasteiger partial charge on any atom is -0.308 e. The van der Waals surface area contributed by atoms with Crippen LogP contribution in [0.3, 0.4) is 0 Å². The number of para-hydroxylation sites is 1. The molecule has 190 valence electrons. The van der Waals surface area contributed by atoms with Crippen LogP contribution in [0, 0.1) is 27.7 Å². The standard InChI is InChI=1S/C32H31N5O/c1-21-10-8-11-25(19-21)30-29-14-9-17-35(29)31-27(24(4)34-37(31)26-12-6-5-7-13-26)20-36(30)32(38)33-28-16-15-22(2)18-23(28)3/h5-19,30H,20H2,1-4H3,(H,33,38). The van der Waals surface area contributed by atoms with E-state index in [9.17, 15) is 4.79 Å². The second kappa shape index (κ2) is 9.38. The molecule has 0 saturated heterocycles. The summed E-state index contributed by atoms with van der Waals surface area (Å²) >= 11 is 0. The third-order valence-electron chi connectivity index (χ3n) is 7.33. The largest absolute Gasteiger partial charge is 0.322 e. The van der Waals surface area contributed by atoms with E-state index in [2.05, 4.69) is 78.5 Å². The number of amides is 2. The number of hydrogen-bond acceptors (Lipinski definition) is 2. The van der Waals surface area contributed by atoms with Crippen LogP contribution in [0.5, 0.6) is 0 Å². The topological polar surface area (TPSA) is 55.1 Å². The van der Waals surface area contributed by atoms with E-state index in [4.69, 9.17) is 5.10 Å². The van der Waals surface area contributed by atoms with Crippen molar-refractivity contribution in [2.45, 2.75) is 40.3 Å². The van der Waals surface area contributed by atoms with E-state index in [1.54, 1.807) is 0 Å². The molecule has 1 unspecified atom stereocenters. The number of fused-ring (bicyclic) bond motifs is 3. The summed E-state index contributed by atoms with van der Waals surface area (Å²) in [6.45, 7) is 8.62. The first-order valence-corrected chi connectivity index (χ1v) is 12.9. The van der Waals surface area contributed by atoms with Gasteiger partial charge in [-0.05, 0) is 69.2 Å². The van der Waals surface area contributed by atoms with Crippen LogP contribution in [0.2, 0.25) is 0 Å². The number of aryl methyl sites for hydroxylation is 4. The minimum absolute atomic E-state index is 0.143. The van der Waals surface area contributed by atoms with Gasteiger partial charge in [-0.25, -0.2) is 9.48 Å². The summed E-state index contributed by atoms with van der Waals surface area (Å²) in [5.41, 5.74) is 9.18. The lowest BCUT2D eigenvalue weighted by Gasteiger charge is -2.31. The Morgan fingerprint density at radius 3 is 2.42 bits per heavy atom. The molecule has 6 heteroatoms. The highest BCUT2D eigenvalue weighted by Gasteiger charge is 2.36. The maximum atomic E-state index is 14.1. The second-order valence-electron chi connectivity index (χ2n) is 10.1. The van der Waals surface area contributed by atoms with Crippen molar-refractivity contribution in [2.75, 3.05) is 5.32 Å². The van der Waals surface area contributed by atoms with E-state index in [-0.39, 0.29) is 12.1 Å². The van der Waals surface area contributed by atoms with Gasteiger partial charge >= 0.3 is 6.03 Å². The van der Waals surface area contributed by atoms with Crippen molar-refractivity contribution in [3.05, 3.63) is 130 Å². The number of nitrogens with one attached hydrogen (secondary N) is 1. The van der Waals surface area contributed by atoms with Crippen LogP contribution in [-0.4, -0.2) is 25.3 Å². The number of carbonyl (C=O) groups is 1. The number of benzene rings is 3. The van der Waals surface area contributed by atoms with Gasteiger partial charge in [-0.3, -0.25) is 0 Å². The molecule has 1 aliphatic heterocycles. The van der Waals surface area contributed by atoms with Gasteiger partial charge in [0.2, 0.25) is 0 Å². The van der Waals surface area contributed by atoms with Crippen molar-refractivity contribution in [2.24, 2.45) is 0 Å². The molecular formula is C32H31N5O. The highest BCUT2D eigenvalue weighted by atomic mass is 16.2. The highest BCUT2D eigenvalue weighted by Crippen LogP contribution is 2.39. The summed E-state index contributed by atoms with van der Waals surface area (Å²) in [6, 6.07) is 28.4. The Balaban J connectivity index is 1.54. The fourth-order valence-corrected chi connectivity index (χ4v) is 5.48. The Kier molecular flexibility index (Phi) is 5.87. The molecule has 3 heterocycles. The average molecular weight is 502 g/mol. The summed E-state index contributed by atoms with van der Waals surface area (Å²) in [4.78, 5) is 16.1. The van der Waals surface area contributed by atoms with Gasteiger partial charge < -0.3 is 14.8 Å². The van der Waals surface area contributed by atoms with Crippen LogP contribution in [-0.2, 0) is 6.54 Å². The third-order valence-corrected chi connectivity index (χ3v) is 7.33. The molecule has 3 aromatic carbocycles. The van der Waals surface area contributed by atoms with Gasteiger partial charge in [0.25, 0.3) is 0 Å². The molecule has 38 heavy (non-hydrogen) atoms. The zero-order valence-electron chi connectivity index (χ0n) is 22.1. The second-order valence-corrected chi connectivity index (χ2v) is 10.1. The van der Waals surface area contributed by atoms with Crippen molar-refractivity contribution in [1.29, 1.82) is 0 Å². The van der Waals surface area contributed by atoms with Crippen LogP contribution in [0.4, 0.5) is 10.5 Å². The summed E-state index contributed by atoms with van der Waals surface area (Å²) < 4.78 is 4.19. The molecule has 5 aromatic rings. The Morgan fingerprint density at radius 1 is 0.868 bits per heavy atom. The maximum absolute atomic E-state index is 14.1. The molecule has 0 radical (unpaired) electrons. The highest BCUT2D eigenvalue weighted by molar-refractivity contribution is 5.91. The number of anilines is 1. The quantitative estimate of drug-likeness (QED) is 0.288. The minimum atomic E-state index is -0.285. The molecule has 0 saturated carbocycles. The van der Waals surface area contributed by atoms with Crippen LogP contribution in [0.1, 0.15) is 45.2 Å². The number of nitrogens with zero attached hydrogens (tertiary/aromatic N) is 4. The van der Waals surface area contributed by atoms with Crippen molar-refractivity contribution in [3.63, 3.8) is 0 Å². The lowest BCUT2D eigenvalue weighted by Crippen LogP contribution is -2.38. The van der Waals surface area contributed by atoms with E-state index >= 15 is 0 Å².